The van der Waals surface area contributed by atoms with E-state index in [9.17, 15) is 9.90 Å². The molecule has 0 bridgehead atoms. The number of aliphatic hydroxyl groups excluding tert-OH is 1. The molecule has 21 heavy (non-hydrogen) atoms. The first-order chi connectivity index (χ1) is 10.0. The molecule has 0 spiro atoms. The SMILES string of the molecule is CC1CCN(Cc2nc3ccc(Cl)cc3c(=O)[nH]2)CC1O. The highest BCUT2D eigenvalue weighted by Gasteiger charge is 2.24. The Hall–Kier alpha value is -1.43. The number of fused-ring (bicyclic) bond motifs is 1. The zero-order valence-electron chi connectivity index (χ0n) is 11.8. The van der Waals surface area contributed by atoms with Crippen molar-refractivity contribution >= 4 is 22.5 Å². The van der Waals surface area contributed by atoms with Gasteiger partial charge in [0, 0.05) is 11.6 Å². The van der Waals surface area contributed by atoms with E-state index in [2.05, 4.69) is 21.8 Å². The fraction of sp³-hybridized carbons (Fsp3) is 0.467. The van der Waals surface area contributed by atoms with E-state index in [4.69, 9.17) is 11.6 Å². The number of rotatable bonds is 2. The molecule has 0 amide bonds. The lowest BCUT2D eigenvalue weighted by Crippen LogP contribution is -2.42. The zero-order valence-corrected chi connectivity index (χ0v) is 12.6. The zero-order chi connectivity index (χ0) is 15.0. The lowest BCUT2D eigenvalue weighted by molar-refractivity contribution is 0.0249. The number of benzene rings is 1. The number of likely N-dealkylation sites (tertiary alicyclic amines) is 1. The average molecular weight is 308 g/mol. The molecular formula is C15H18ClN3O2. The highest BCUT2D eigenvalue weighted by Crippen LogP contribution is 2.19. The van der Waals surface area contributed by atoms with E-state index in [1.54, 1.807) is 18.2 Å². The first-order valence-corrected chi connectivity index (χ1v) is 7.49. The third kappa shape index (κ3) is 3.10. The van der Waals surface area contributed by atoms with Crippen LogP contribution in [-0.2, 0) is 6.54 Å². The van der Waals surface area contributed by atoms with Gasteiger partial charge in [0.15, 0.2) is 0 Å². The van der Waals surface area contributed by atoms with Crippen LogP contribution in [-0.4, -0.2) is 39.2 Å². The number of H-pyrrole nitrogens is 1. The van der Waals surface area contributed by atoms with E-state index in [-0.39, 0.29) is 11.7 Å². The molecule has 2 atom stereocenters. The summed E-state index contributed by atoms with van der Waals surface area (Å²) in [4.78, 5) is 21.5. The minimum atomic E-state index is -0.315. The molecule has 1 aromatic carbocycles. The third-order valence-corrected chi connectivity index (χ3v) is 4.33. The number of aliphatic hydroxyl groups is 1. The van der Waals surface area contributed by atoms with Gasteiger partial charge in [0.2, 0.25) is 0 Å². The van der Waals surface area contributed by atoms with Gasteiger partial charge in [-0.25, -0.2) is 4.98 Å². The van der Waals surface area contributed by atoms with Gasteiger partial charge in [0.05, 0.1) is 23.6 Å². The Morgan fingerprint density at radius 3 is 3.10 bits per heavy atom. The Balaban J connectivity index is 1.85. The Bertz CT molecular complexity index is 716. The van der Waals surface area contributed by atoms with Gasteiger partial charge in [-0.05, 0) is 37.1 Å². The number of β-amino-alcohol motifs (C(OH)–C–C–N with tert-alkyl or cyclic N) is 1. The van der Waals surface area contributed by atoms with Crippen molar-refractivity contribution in [1.82, 2.24) is 14.9 Å². The first-order valence-electron chi connectivity index (χ1n) is 7.12. The monoisotopic (exact) mass is 307 g/mol. The highest BCUT2D eigenvalue weighted by molar-refractivity contribution is 6.31. The Morgan fingerprint density at radius 1 is 1.52 bits per heavy atom. The summed E-state index contributed by atoms with van der Waals surface area (Å²) in [6, 6.07) is 5.11. The Morgan fingerprint density at radius 2 is 2.33 bits per heavy atom. The van der Waals surface area contributed by atoms with Gasteiger partial charge in [-0.15, -0.1) is 0 Å². The average Bonchev–Trinajstić information content (AvgIpc) is 2.44. The van der Waals surface area contributed by atoms with Crippen molar-refractivity contribution in [1.29, 1.82) is 0 Å². The van der Waals surface area contributed by atoms with E-state index in [0.29, 0.717) is 40.8 Å². The molecular weight excluding hydrogens is 290 g/mol. The van der Waals surface area contributed by atoms with Crippen LogP contribution in [0.3, 0.4) is 0 Å². The summed E-state index contributed by atoms with van der Waals surface area (Å²) < 4.78 is 0. The predicted molar refractivity (Wildman–Crippen MR) is 82.4 cm³/mol. The summed E-state index contributed by atoms with van der Waals surface area (Å²) >= 11 is 5.90. The van der Waals surface area contributed by atoms with Gasteiger partial charge in [-0.1, -0.05) is 18.5 Å². The first kappa shape index (κ1) is 14.5. The van der Waals surface area contributed by atoms with E-state index >= 15 is 0 Å². The summed E-state index contributed by atoms with van der Waals surface area (Å²) in [7, 11) is 0. The minimum Gasteiger partial charge on any atom is -0.392 e. The fourth-order valence-electron chi connectivity index (χ4n) is 2.70. The van der Waals surface area contributed by atoms with Crippen molar-refractivity contribution in [3.8, 4) is 0 Å². The fourth-order valence-corrected chi connectivity index (χ4v) is 2.88. The van der Waals surface area contributed by atoms with Gasteiger partial charge in [0.1, 0.15) is 5.82 Å². The number of piperidine rings is 1. The minimum absolute atomic E-state index is 0.177. The van der Waals surface area contributed by atoms with E-state index < -0.39 is 0 Å². The van der Waals surface area contributed by atoms with Crippen molar-refractivity contribution in [3.05, 3.63) is 39.4 Å². The second kappa shape index (κ2) is 5.75. The predicted octanol–water partition coefficient (Wildman–Crippen LogP) is 1.78. The summed E-state index contributed by atoms with van der Waals surface area (Å²) in [5, 5.41) is 11.0. The van der Waals surface area contributed by atoms with E-state index in [0.717, 1.165) is 13.0 Å². The molecule has 1 aromatic heterocycles. The van der Waals surface area contributed by atoms with Crippen LogP contribution in [0.5, 0.6) is 0 Å². The van der Waals surface area contributed by atoms with Gasteiger partial charge in [-0.2, -0.15) is 0 Å². The maximum atomic E-state index is 12.1. The smallest absolute Gasteiger partial charge is 0.258 e. The van der Waals surface area contributed by atoms with Crippen molar-refractivity contribution in [2.75, 3.05) is 13.1 Å². The number of aromatic nitrogens is 2. The molecule has 2 N–H and O–H groups in total. The maximum absolute atomic E-state index is 12.1. The second-order valence-corrected chi connectivity index (χ2v) is 6.18. The largest absolute Gasteiger partial charge is 0.392 e. The lowest BCUT2D eigenvalue weighted by Gasteiger charge is -2.33. The Labute approximate surface area is 127 Å². The third-order valence-electron chi connectivity index (χ3n) is 4.09. The van der Waals surface area contributed by atoms with Gasteiger partial charge >= 0.3 is 0 Å². The highest BCUT2D eigenvalue weighted by atomic mass is 35.5. The molecule has 5 nitrogen and oxygen atoms in total. The normalized spacial score (nSPS) is 23.6. The number of halogens is 1. The van der Waals surface area contributed by atoms with Crippen LogP contribution in [0.1, 0.15) is 19.2 Å². The number of hydrogen-bond donors (Lipinski definition) is 2. The molecule has 1 saturated heterocycles. The van der Waals surface area contributed by atoms with Crippen LogP contribution in [0.15, 0.2) is 23.0 Å². The van der Waals surface area contributed by atoms with Crippen molar-refractivity contribution in [2.24, 2.45) is 5.92 Å². The molecule has 2 unspecified atom stereocenters. The molecule has 6 heteroatoms. The molecule has 2 aromatic rings. The maximum Gasteiger partial charge on any atom is 0.258 e. The summed E-state index contributed by atoms with van der Waals surface area (Å²) in [5.41, 5.74) is 0.465. The summed E-state index contributed by atoms with van der Waals surface area (Å²) in [6.07, 6.45) is 0.638. The van der Waals surface area contributed by atoms with Crippen LogP contribution < -0.4 is 5.56 Å². The topological polar surface area (TPSA) is 69.2 Å². The molecule has 0 radical (unpaired) electrons. The van der Waals surface area contributed by atoms with Crippen LogP contribution in [0.25, 0.3) is 10.9 Å². The van der Waals surface area contributed by atoms with Crippen molar-refractivity contribution < 1.29 is 5.11 Å². The molecule has 1 fully saturated rings. The molecule has 2 heterocycles. The number of nitrogens with one attached hydrogen (secondary N) is 1. The lowest BCUT2D eigenvalue weighted by atomic mass is 9.96. The van der Waals surface area contributed by atoms with Crippen LogP contribution >= 0.6 is 11.6 Å². The van der Waals surface area contributed by atoms with Gasteiger partial charge < -0.3 is 10.1 Å². The summed E-state index contributed by atoms with van der Waals surface area (Å²) in [5.74, 6) is 0.948. The van der Waals surface area contributed by atoms with E-state index in [1.807, 2.05) is 0 Å². The van der Waals surface area contributed by atoms with Crippen molar-refractivity contribution in [2.45, 2.75) is 26.0 Å². The van der Waals surface area contributed by atoms with Crippen LogP contribution in [0, 0.1) is 5.92 Å². The number of hydrogen-bond acceptors (Lipinski definition) is 4. The van der Waals surface area contributed by atoms with Crippen LogP contribution in [0.2, 0.25) is 5.02 Å². The second-order valence-electron chi connectivity index (χ2n) is 5.74. The molecule has 1 aliphatic heterocycles. The number of nitrogens with zero attached hydrogens (tertiary/aromatic N) is 2. The molecule has 1 aliphatic rings. The standard InChI is InChI=1S/C15H18ClN3O2/c1-9-4-5-19(7-13(9)20)8-14-17-12-3-2-10(16)6-11(12)15(21)18-14/h2-3,6,9,13,20H,4-5,7-8H2,1H3,(H,17,18,21). The molecule has 3 rings (SSSR count). The van der Waals surface area contributed by atoms with E-state index in [1.165, 1.54) is 0 Å². The van der Waals surface area contributed by atoms with Gasteiger partial charge in [0.25, 0.3) is 5.56 Å². The molecule has 112 valence electrons. The Kier molecular flexibility index (Phi) is 3.97. The van der Waals surface area contributed by atoms with Gasteiger partial charge in [-0.3, -0.25) is 9.69 Å². The molecule has 0 saturated carbocycles. The summed E-state index contributed by atoms with van der Waals surface area (Å²) in [6.45, 7) is 4.11. The van der Waals surface area contributed by atoms with Crippen molar-refractivity contribution in [3.63, 3.8) is 0 Å². The van der Waals surface area contributed by atoms with Crippen LogP contribution in [0.4, 0.5) is 0 Å². The molecule has 0 aliphatic carbocycles. The number of aromatic amines is 1. The quantitative estimate of drug-likeness (QED) is 0.887.